The highest BCUT2D eigenvalue weighted by atomic mass is 32.1. The van der Waals surface area contributed by atoms with Crippen LogP contribution in [0.1, 0.15) is 172 Å². The lowest BCUT2D eigenvalue weighted by atomic mass is 9.29. The van der Waals surface area contributed by atoms with E-state index >= 15 is 0 Å². The van der Waals surface area contributed by atoms with Crippen LogP contribution in [-0.4, -0.2) is 12.3 Å². The van der Waals surface area contributed by atoms with Crippen molar-refractivity contribution in [3.8, 4) is 0 Å². The Hall–Kier alpha value is -4.80. The zero-order chi connectivity index (χ0) is 46.4. The van der Waals surface area contributed by atoms with Crippen molar-refractivity contribution < 1.29 is 0 Å². The van der Waals surface area contributed by atoms with E-state index in [0.717, 1.165) is 0 Å². The van der Waals surface area contributed by atoms with E-state index in [1.165, 1.54) is 129 Å². The summed E-state index contributed by atoms with van der Waals surface area (Å²) in [4.78, 5) is 5.59. The van der Waals surface area contributed by atoms with Gasteiger partial charge in [-0.1, -0.05) is 160 Å². The smallest absolute Gasteiger partial charge is 0.247 e. The molecule has 2 nitrogen and oxygen atoms in total. The van der Waals surface area contributed by atoms with E-state index in [1.807, 2.05) is 11.3 Å². The van der Waals surface area contributed by atoms with E-state index in [2.05, 4.69) is 189 Å². The van der Waals surface area contributed by atoms with Crippen molar-refractivity contribution in [2.75, 3.05) is 9.80 Å². The Labute approximate surface area is 405 Å². The van der Waals surface area contributed by atoms with Gasteiger partial charge in [-0.25, -0.2) is 0 Å². The quantitative estimate of drug-likeness (QED) is 0.160. The predicted molar refractivity (Wildman–Crippen MR) is 290 cm³/mol. The molecule has 67 heavy (non-hydrogen) atoms. The molecule has 5 atom stereocenters. The Kier molecular flexibility index (Phi) is 8.66. The molecule has 2 fully saturated rings. The molecule has 2 saturated carbocycles. The average Bonchev–Trinajstić information content (AvgIpc) is 3.77. The first-order valence-corrected chi connectivity index (χ1v) is 26.8. The Bertz CT molecular complexity index is 3270. The van der Waals surface area contributed by atoms with E-state index < -0.39 is 0 Å². The van der Waals surface area contributed by atoms with Gasteiger partial charge in [0.25, 0.3) is 0 Å². The van der Waals surface area contributed by atoms with Crippen molar-refractivity contribution in [2.45, 2.75) is 167 Å². The van der Waals surface area contributed by atoms with Crippen LogP contribution in [0.15, 0.2) is 103 Å². The van der Waals surface area contributed by atoms with Gasteiger partial charge in [0.15, 0.2) is 0 Å². The van der Waals surface area contributed by atoms with Gasteiger partial charge in [0, 0.05) is 49.6 Å². The number of thiophene rings is 1. The molecule has 5 unspecified atom stereocenters. The van der Waals surface area contributed by atoms with E-state index in [-0.39, 0.29) is 39.3 Å². The molecule has 13 rings (SSSR count). The lowest BCUT2D eigenvalue weighted by Crippen LogP contribution is -2.64. The second-order valence-corrected chi connectivity index (χ2v) is 26.4. The van der Waals surface area contributed by atoms with Crippen molar-refractivity contribution in [1.29, 1.82) is 0 Å². The molecule has 6 aromatic carbocycles. The van der Waals surface area contributed by atoms with E-state index in [0.29, 0.717) is 5.92 Å². The van der Waals surface area contributed by atoms with Crippen LogP contribution in [0.4, 0.5) is 28.4 Å². The highest BCUT2D eigenvalue weighted by Crippen LogP contribution is 2.64. The van der Waals surface area contributed by atoms with Crippen LogP contribution in [0.3, 0.4) is 0 Å². The molecule has 0 radical (unpaired) electrons. The normalized spacial score (nSPS) is 27.1. The summed E-state index contributed by atoms with van der Waals surface area (Å²) in [5, 5.41) is 2.71. The van der Waals surface area contributed by atoms with Gasteiger partial charge in [0.2, 0.25) is 6.71 Å². The summed E-state index contributed by atoms with van der Waals surface area (Å²) in [6.45, 7) is 27.5. The maximum atomic E-state index is 2.83. The maximum absolute atomic E-state index is 2.83. The Balaban J connectivity index is 1.12. The number of anilines is 5. The molecule has 3 aliphatic heterocycles. The second-order valence-electron chi connectivity index (χ2n) is 25.3. The van der Waals surface area contributed by atoms with E-state index in [9.17, 15) is 0 Å². The molecule has 6 aliphatic rings. The van der Waals surface area contributed by atoms with Crippen LogP contribution < -0.4 is 26.2 Å². The zero-order valence-corrected chi connectivity index (χ0v) is 43.0. The average molecular weight is 897 g/mol. The fourth-order valence-corrected chi connectivity index (χ4v) is 16.7. The molecule has 0 N–H and O–H groups in total. The summed E-state index contributed by atoms with van der Waals surface area (Å²) in [6, 6.07) is 42.2. The van der Waals surface area contributed by atoms with Gasteiger partial charge in [-0.3, -0.25) is 0 Å². The first kappa shape index (κ1) is 42.3. The summed E-state index contributed by atoms with van der Waals surface area (Å²) in [6.07, 6.45) is 11.4. The van der Waals surface area contributed by atoms with Crippen LogP contribution in [0.5, 0.6) is 0 Å². The highest BCUT2D eigenvalue weighted by molar-refractivity contribution is 7.26. The van der Waals surface area contributed by atoms with Crippen molar-refractivity contribution in [3.63, 3.8) is 0 Å². The number of fused-ring (bicyclic) bond motifs is 12. The first-order valence-electron chi connectivity index (χ1n) is 26.0. The highest BCUT2D eigenvalue weighted by Gasteiger charge is 2.59. The summed E-state index contributed by atoms with van der Waals surface area (Å²) in [7, 11) is 0. The molecule has 4 heteroatoms. The van der Waals surface area contributed by atoms with Crippen LogP contribution in [0.2, 0.25) is 0 Å². The zero-order valence-electron chi connectivity index (χ0n) is 42.1. The molecular formula is C63H69BN2S. The number of benzene rings is 6. The number of hydrogen-bond donors (Lipinski definition) is 0. The SMILES string of the molecule is Cc1cc2c3c(c1)N(c1cccc4c1sc1ccccc14)c1cc(N4c5ccc(C(C)(C)C)cc5C5(C)CCCCC45C)ccc1B3c1cc(C(C)(C)C)cc3c1C2CC1(C)CCCCC31C. The summed E-state index contributed by atoms with van der Waals surface area (Å²) in [5.41, 5.74) is 22.6. The van der Waals surface area contributed by atoms with Crippen LogP contribution >= 0.6 is 11.3 Å². The molecule has 7 aromatic rings. The van der Waals surface area contributed by atoms with Crippen molar-refractivity contribution in [2.24, 2.45) is 5.41 Å². The summed E-state index contributed by atoms with van der Waals surface area (Å²) < 4.78 is 2.73. The van der Waals surface area contributed by atoms with Gasteiger partial charge in [0.05, 0.1) is 15.9 Å². The van der Waals surface area contributed by atoms with Crippen molar-refractivity contribution in [1.82, 2.24) is 0 Å². The number of nitrogens with zero attached hydrogens (tertiary/aromatic N) is 2. The number of hydrogen-bond acceptors (Lipinski definition) is 3. The standard InChI is InChI=1S/C63H69BN2S/c1-38-31-44-45-37-60(8)27-14-15-28-61(60,9)47-34-40(59(5,6)7)35-49(55(45)47)64-48-25-24-41(66-50-26-23-39(58(2,3)4)33-46(50)62(10)29-16-17-30-63(62,66)11)36-52(48)65(53(32-38)56(44)64)51-21-18-20-43-42-19-12-13-22-54(42)67-57(43)51/h12-13,18-26,31-36,45H,14-17,27-30,37H2,1-11H3. The van der Waals surface area contributed by atoms with Crippen LogP contribution in [0.25, 0.3) is 20.2 Å². The third-order valence-electron chi connectivity index (χ3n) is 19.6. The predicted octanol–water partition coefficient (Wildman–Crippen LogP) is 15.7. The largest absolute Gasteiger partial charge is 0.334 e. The number of aryl methyl sites for hydroxylation is 1. The molecule has 1 aromatic heterocycles. The Morgan fingerprint density at radius 2 is 1.31 bits per heavy atom. The minimum Gasteiger partial charge on any atom is -0.334 e. The van der Waals surface area contributed by atoms with Crippen LogP contribution in [-0.2, 0) is 21.7 Å². The summed E-state index contributed by atoms with van der Waals surface area (Å²) in [5.74, 6) is 0.380. The van der Waals surface area contributed by atoms with Gasteiger partial charge in [-0.2, -0.15) is 0 Å². The molecular weight excluding hydrogens is 828 g/mol. The first-order chi connectivity index (χ1) is 31.8. The third kappa shape index (κ3) is 5.52. The molecule has 0 amide bonds. The topological polar surface area (TPSA) is 6.48 Å². The molecule has 3 aliphatic carbocycles. The second kappa shape index (κ2) is 13.7. The molecule has 4 heterocycles. The monoisotopic (exact) mass is 897 g/mol. The third-order valence-corrected chi connectivity index (χ3v) is 20.8. The lowest BCUT2D eigenvalue weighted by Gasteiger charge is -2.59. The molecule has 0 bridgehead atoms. The molecule has 0 spiro atoms. The summed E-state index contributed by atoms with van der Waals surface area (Å²) >= 11 is 1.97. The van der Waals surface area contributed by atoms with Gasteiger partial charge in [-0.15, -0.1) is 11.3 Å². The Morgan fingerprint density at radius 1 is 0.597 bits per heavy atom. The fraction of sp³-hybridized carbons (Fsp3) is 0.429. The molecule has 0 saturated heterocycles. The number of rotatable bonds is 2. The van der Waals surface area contributed by atoms with Crippen LogP contribution in [0, 0.1) is 12.3 Å². The van der Waals surface area contributed by atoms with Gasteiger partial charge in [-0.05, 0) is 154 Å². The van der Waals surface area contributed by atoms with Gasteiger partial charge in [0.1, 0.15) is 0 Å². The fourth-order valence-electron chi connectivity index (χ4n) is 15.5. The lowest BCUT2D eigenvalue weighted by molar-refractivity contribution is 0.0602. The molecule has 340 valence electrons. The minimum absolute atomic E-state index is 0.0264. The van der Waals surface area contributed by atoms with E-state index in [4.69, 9.17) is 0 Å². The van der Waals surface area contributed by atoms with Gasteiger partial charge >= 0.3 is 0 Å². The Morgan fingerprint density at radius 3 is 2.10 bits per heavy atom. The van der Waals surface area contributed by atoms with Gasteiger partial charge < -0.3 is 9.80 Å². The van der Waals surface area contributed by atoms with Crippen molar-refractivity contribution >= 4 is 83.0 Å². The van der Waals surface area contributed by atoms with Crippen molar-refractivity contribution in [3.05, 3.63) is 142 Å². The maximum Gasteiger partial charge on any atom is 0.247 e. The minimum atomic E-state index is -0.0504. The van der Waals surface area contributed by atoms with E-state index in [1.54, 1.807) is 33.2 Å².